The first-order valence-electron chi connectivity index (χ1n) is 6.24. The maximum absolute atomic E-state index is 12.0. The summed E-state index contributed by atoms with van der Waals surface area (Å²) in [6.07, 6.45) is 2.27. The number of carbonyl (C=O) groups excluding carboxylic acids is 1. The van der Waals surface area contributed by atoms with Gasteiger partial charge in [0.05, 0.1) is 24.7 Å². The van der Waals surface area contributed by atoms with Crippen molar-refractivity contribution >= 4 is 5.91 Å². The van der Waals surface area contributed by atoms with Gasteiger partial charge in [0.1, 0.15) is 0 Å². The van der Waals surface area contributed by atoms with Crippen LogP contribution in [0.4, 0.5) is 0 Å². The van der Waals surface area contributed by atoms with Crippen LogP contribution >= 0.6 is 0 Å². The van der Waals surface area contributed by atoms with E-state index in [0.717, 1.165) is 12.8 Å². The number of ether oxygens (including phenoxy) is 2. The summed E-state index contributed by atoms with van der Waals surface area (Å²) in [6, 6.07) is -0.222. The van der Waals surface area contributed by atoms with Gasteiger partial charge < -0.3 is 19.9 Å². The van der Waals surface area contributed by atoms with Gasteiger partial charge in [-0.2, -0.15) is 0 Å². The first-order valence-corrected chi connectivity index (χ1v) is 6.24. The van der Waals surface area contributed by atoms with Crippen molar-refractivity contribution in [3.05, 3.63) is 0 Å². The second kappa shape index (κ2) is 7.63. The van der Waals surface area contributed by atoms with E-state index >= 15 is 0 Å². The van der Waals surface area contributed by atoms with Crippen molar-refractivity contribution < 1.29 is 19.4 Å². The highest BCUT2D eigenvalue weighted by Crippen LogP contribution is 2.23. The Bertz CT molecular complexity index is 235. The van der Waals surface area contributed by atoms with Crippen molar-refractivity contribution in [1.29, 1.82) is 0 Å². The third-order valence-corrected chi connectivity index (χ3v) is 3.19. The summed E-state index contributed by atoms with van der Waals surface area (Å²) in [4.78, 5) is 12.0. The molecule has 3 atom stereocenters. The highest BCUT2D eigenvalue weighted by molar-refractivity contribution is 5.79. The minimum atomic E-state index is -0.222. The first-order chi connectivity index (χ1) is 8.22. The van der Waals surface area contributed by atoms with E-state index in [2.05, 4.69) is 5.32 Å². The van der Waals surface area contributed by atoms with E-state index in [-0.39, 0.29) is 30.6 Å². The van der Waals surface area contributed by atoms with Crippen LogP contribution in [-0.4, -0.2) is 50.1 Å². The number of carbonyl (C=O) groups is 1. The summed E-state index contributed by atoms with van der Waals surface area (Å²) in [5, 5.41) is 12.0. The summed E-state index contributed by atoms with van der Waals surface area (Å²) in [5.74, 6) is -0.0823. The van der Waals surface area contributed by atoms with E-state index in [1.54, 1.807) is 7.11 Å². The molecule has 0 aromatic heterocycles. The molecule has 2 N–H and O–H groups in total. The molecule has 3 unspecified atom stereocenters. The Morgan fingerprint density at radius 2 is 2.41 bits per heavy atom. The molecule has 1 saturated heterocycles. The van der Waals surface area contributed by atoms with E-state index in [9.17, 15) is 4.79 Å². The quantitative estimate of drug-likeness (QED) is 0.677. The minimum absolute atomic E-state index is 0.00972. The number of rotatable bonds is 7. The number of nitrogens with one attached hydrogen (secondary N) is 1. The van der Waals surface area contributed by atoms with Gasteiger partial charge in [0.15, 0.2) is 0 Å². The Morgan fingerprint density at radius 3 is 3.00 bits per heavy atom. The monoisotopic (exact) mass is 245 g/mol. The third-order valence-electron chi connectivity index (χ3n) is 3.19. The normalized spacial score (nSPS) is 25.8. The van der Waals surface area contributed by atoms with Gasteiger partial charge in [-0.3, -0.25) is 4.79 Å². The van der Waals surface area contributed by atoms with Crippen LogP contribution in [0.1, 0.15) is 26.2 Å². The van der Waals surface area contributed by atoms with Crippen LogP contribution in [0.3, 0.4) is 0 Å². The number of hydrogen-bond donors (Lipinski definition) is 2. The lowest BCUT2D eigenvalue weighted by molar-refractivity contribution is -0.127. The molecule has 5 heteroatoms. The van der Waals surface area contributed by atoms with E-state index in [0.29, 0.717) is 19.6 Å². The lowest BCUT2D eigenvalue weighted by atomic mass is 9.98. The zero-order chi connectivity index (χ0) is 12.7. The standard InChI is InChI=1S/C12H23NO4/c1-3-11-10(5-7-17-11)12(15)13-9(8-14)4-6-16-2/h9-11,14H,3-8H2,1-2H3,(H,13,15). The molecule has 1 fully saturated rings. The molecule has 0 aromatic rings. The molecule has 17 heavy (non-hydrogen) atoms. The predicted molar refractivity (Wildman–Crippen MR) is 63.6 cm³/mol. The Hall–Kier alpha value is -0.650. The fraction of sp³-hybridized carbons (Fsp3) is 0.917. The van der Waals surface area contributed by atoms with Crippen LogP contribution in [0.15, 0.2) is 0 Å². The van der Waals surface area contributed by atoms with Crippen LogP contribution in [-0.2, 0) is 14.3 Å². The summed E-state index contributed by atoms with van der Waals surface area (Å²) in [5.41, 5.74) is 0. The van der Waals surface area contributed by atoms with Gasteiger partial charge in [0, 0.05) is 20.3 Å². The van der Waals surface area contributed by atoms with Gasteiger partial charge in [-0.15, -0.1) is 0 Å². The van der Waals surface area contributed by atoms with Gasteiger partial charge in [0.2, 0.25) is 5.91 Å². The van der Waals surface area contributed by atoms with Gasteiger partial charge in [0.25, 0.3) is 0 Å². The average Bonchev–Trinajstić information content (AvgIpc) is 2.82. The lowest BCUT2D eigenvalue weighted by Crippen LogP contribution is -2.43. The third kappa shape index (κ3) is 4.26. The number of aliphatic hydroxyl groups excluding tert-OH is 1. The molecule has 1 aliphatic heterocycles. The van der Waals surface area contributed by atoms with Crippen molar-refractivity contribution in [3.63, 3.8) is 0 Å². The Morgan fingerprint density at radius 1 is 1.65 bits per heavy atom. The summed E-state index contributed by atoms with van der Waals surface area (Å²) in [7, 11) is 1.61. The average molecular weight is 245 g/mol. The number of methoxy groups -OCH3 is 1. The fourth-order valence-corrected chi connectivity index (χ4v) is 2.13. The van der Waals surface area contributed by atoms with Crippen molar-refractivity contribution in [1.82, 2.24) is 5.32 Å². The molecule has 1 amide bonds. The van der Waals surface area contributed by atoms with E-state index in [4.69, 9.17) is 14.6 Å². The highest BCUT2D eigenvalue weighted by Gasteiger charge is 2.33. The van der Waals surface area contributed by atoms with E-state index < -0.39 is 0 Å². The zero-order valence-electron chi connectivity index (χ0n) is 10.6. The second-order valence-corrected chi connectivity index (χ2v) is 4.38. The van der Waals surface area contributed by atoms with E-state index in [1.165, 1.54) is 0 Å². The van der Waals surface area contributed by atoms with Crippen LogP contribution in [0.25, 0.3) is 0 Å². The Labute approximate surface area is 102 Å². The maximum atomic E-state index is 12.0. The largest absolute Gasteiger partial charge is 0.394 e. The molecule has 0 bridgehead atoms. The molecule has 0 spiro atoms. The molecule has 1 rings (SSSR count). The van der Waals surface area contributed by atoms with Crippen molar-refractivity contribution in [2.75, 3.05) is 26.9 Å². The molecule has 0 saturated carbocycles. The predicted octanol–water partition coefficient (Wildman–Crippen LogP) is 0.315. The van der Waals surface area contributed by atoms with Crippen LogP contribution < -0.4 is 5.32 Å². The number of hydrogen-bond acceptors (Lipinski definition) is 4. The molecule has 1 aliphatic rings. The van der Waals surface area contributed by atoms with Gasteiger partial charge in [-0.05, 0) is 19.3 Å². The number of amides is 1. The SMILES string of the molecule is CCC1OCCC1C(=O)NC(CO)CCOC. The van der Waals surface area contributed by atoms with Gasteiger partial charge >= 0.3 is 0 Å². The van der Waals surface area contributed by atoms with Crippen LogP contribution in [0.2, 0.25) is 0 Å². The van der Waals surface area contributed by atoms with Gasteiger partial charge in [-0.1, -0.05) is 6.92 Å². The van der Waals surface area contributed by atoms with Crippen LogP contribution in [0.5, 0.6) is 0 Å². The molecule has 0 aromatic carbocycles. The molecular weight excluding hydrogens is 222 g/mol. The Kier molecular flexibility index (Phi) is 6.47. The molecule has 5 nitrogen and oxygen atoms in total. The fourth-order valence-electron chi connectivity index (χ4n) is 2.13. The second-order valence-electron chi connectivity index (χ2n) is 4.38. The highest BCUT2D eigenvalue weighted by atomic mass is 16.5. The zero-order valence-corrected chi connectivity index (χ0v) is 10.6. The van der Waals surface area contributed by atoms with E-state index in [1.807, 2.05) is 6.92 Å². The molecular formula is C12H23NO4. The molecule has 0 aliphatic carbocycles. The first kappa shape index (κ1) is 14.4. The van der Waals surface area contributed by atoms with Crippen molar-refractivity contribution in [2.24, 2.45) is 5.92 Å². The summed E-state index contributed by atoms with van der Waals surface area (Å²) < 4.78 is 10.4. The maximum Gasteiger partial charge on any atom is 0.226 e. The van der Waals surface area contributed by atoms with Crippen molar-refractivity contribution in [2.45, 2.75) is 38.3 Å². The molecule has 1 heterocycles. The van der Waals surface area contributed by atoms with Gasteiger partial charge in [-0.25, -0.2) is 0 Å². The van der Waals surface area contributed by atoms with Crippen molar-refractivity contribution in [3.8, 4) is 0 Å². The number of aliphatic hydroxyl groups is 1. The van der Waals surface area contributed by atoms with Crippen LogP contribution in [0, 0.1) is 5.92 Å². The minimum Gasteiger partial charge on any atom is -0.394 e. The summed E-state index contributed by atoms with van der Waals surface area (Å²) in [6.45, 7) is 3.15. The molecule has 0 radical (unpaired) electrons. The lowest BCUT2D eigenvalue weighted by Gasteiger charge is -2.21. The molecule has 100 valence electrons. The topological polar surface area (TPSA) is 67.8 Å². The Balaban J connectivity index is 2.40. The smallest absolute Gasteiger partial charge is 0.226 e. The summed E-state index contributed by atoms with van der Waals surface area (Å²) >= 11 is 0.